The van der Waals surface area contributed by atoms with Crippen LogP contribution < -0.4 is 0 Å². The van der Waals surface area contributed by atoms with Gasteiger partial charge in [0, 0.05) is 0 Å². The van der Waals surface area contributed by atoms with Crippen LogP contribution in [0.2, 0.25) is 0 Å². The zero-order valence-electron chi connectivity index (χ0n) is 16.3. The summed E-state index contributed by atoms with van der Waals surface area (Å²) in [7, 11) is 0. The normalized spacial score (nSPS) is 12.0. The fourth-order valence-electron chi connectivity index (χ4n) is 2.57. The molecular weight excluding hydrogens is 344 g/mol. The molecule has 26 heavy (non-hydrogen) atoms. The molecule has 0 aromatic heterocycles. The molecule has 0 heterocycles. The summed E-state index contributed by atoms with van der Waals surface area (Å²) in [5.74, 6) is -5.71. The van der Waals surface area contributed by atoms with Crippen molar-refractivity contribution < 1.29 is 38.1 Å². The van der Waals surface area contributed by atoms with E-state index >= 15 is 0 Å². The highest BCUT2D eigenvalue weighted by Gasteiger charge is 2.65. The summed E-state index contributed by atoms with van der Waals surface area (Å²) in [4.78, 5) is 50.9. The van der Waals surface area contributed by atoms with E-state index in [4.69, 9.17) is 18.9 Å². The van der Waals surface area contributed by atoms with Gasteiger partial charge in [0.05, 0.1) is 32.3 Å². The number of unbranched alkanes of at least 4 members (excludes halogenated alkanes) is 1. The smallest absolute Gasteiger partial charge is 0.336 e. The molecule has 0 aliphatic rings. The van der Waals surface area contributed by atoms with Crippen molar-refractivity contribution in [1.82, 2.24) is 0 Å². The maximum atomic E-state index is 12.8. The van der Waals surface area contributed by atoms with Crippen molar-refractivity contribution in [1.29, 1.82) is 0 Å². The molecule has 0 amide bonds. The largest absolute Gasteiger partial charge is 0.466 e. The van der Waals surface area contributed by atoms with Gasteiger partial charge in [-0.25, -0.2) is 0 Å². The van der Waals surface area contributed by atoms with Gasteiger partial charge in [0.15, 0.2) is 0 Å². The van der Waals surface area contributed by atoms with Gasteiger partial charge in [-0.15, -0.1) is 0 Å². The van der Waals surface area contributed by atoms with Crippen LogP contribution in [-0.2, 0) is 38.1 Å². The van der Waals surface area contributed by atoms with Crippen LogP contribution in [0.5, 0.6) is 0 Å². The molecule has 0 aromatic carbocycles. The van der Waals surface area contributed by atoms with Crippen LogP contribution in [0.4, 0.5) is 0 Å². The molecule has 1 unspecified atom stereocenters. The van der Waals surface area contributed by atoms with E-state index < -0.39 is 35.2 Å². The first-order valence-electron chi connectivity index (χ1n) is 9.06. The van der Waals surface area contributed by atoms with Gasteiger partial charge in [0.25, 0.3) is 5.41 Å². The predicted molar refractivity (Wildman–Crippen MR) is 92.0 cm³/mol. The van der Waals surface area contributed by atoms with Gasteiger partial charge in [-0.05, 0) is 34.1 Å². The van der Waals surface area contributed by atoms with Crippen molar-refractivity contribution in [2.75, 3.05) is 26.4 Å². The van der Waals surface area contributed by atoms with E-state index in [1.165, 1.54) is 20.8 Å². The molecule has 0 fully saturated rings. The molecule has 0 radical (unpaired) electrons. The molecule has 0 saturated heterocycles. The minimum Gasteiger partial charge on any atom is -0.466 e. The number of carbonyl (C=O) groups excluding carboxylic acids is 4. The number of ether oxygens (including phenoxy) is 4. The summed E-state index contributed by atoms with van der Waals surface area (Å²) in [6, 6.07) is 0. The van der Waals surface area contributed by atoms with Crippen molar-refractivity contribution in [3.63, 3.8) is 0 Å². The SMILES string of the molecule is CCCCC(C(=O)OCC)C(C(=O)OCC)(C(=O)OCC)C(=O)OCC. The number of esters is 4. The van der Waals surface area contributed by atoms with Crippen LogP contribution in [0.3, 0.4) is 0 Å². The van der Waals surface area contributed by atoms with Crippen molar-refractivity contribution in [3.8, 4) is 0 Å². The minimum atomic E-state index is -2.54. The van der Waals surface area contributed by atoms with Gasteiger partial charge in [-0.1, -0.05) is 19.8 Å². The Labute approximate surface area is 154 Å². The van der Waals surface area contributed by atoms with Crippen molar-refractivity contribution in [2.24, 2.45) is 11.3 Å². The monoisotopic (exact) mass is 374 g/mol. The fraction of sp³-hybridized carbons (Fsp3) is 0.778. The lowest BCUT2D eigenvalue weighted by molar-refractivity contribution is -0.194. The Bertz CT molecular complexity index is 440. The van der Waals surface area contributed by atoms with Gasteiger partial charge < -0.3 is 18.9 Å². The number of carbonyl (C=O) groups is 4. The zero-order valence-corrected chi connectivity index (χ0v) is 16.3. The quantitative estimate of drug-likeness (QED) is 0.290. The van der Waals surface area contributed by atoms with Crippen LogP contribution in [0.25, 0.3) is 0 Å². The lowest BCUT2D eigenvalue weighted by Gasteiger charge is -2.32. The zero-order chi connectivity index (χ0) is 20.2. The van der Waals surface area contributed by atoms with Gasteiger partial charge in [-0.3, -0.25) is 19.2 Å². The molecule has 150 valence electrons. The van der Waals surface area contributed by atoms with Crippen LogP contribution in [0, 0.1) is 11.3 Å². The standard InChI is InChI=1S/C18H30O8/c1-6-11-12-13(14(19)23-7-2)18(15(20)24-8-3,16(21)25-9-4)17(22)26-10-5/h13H,6-12H2,1-5H3. The second kappa shape index (κ2) is 12.3. The fourth-order valence-corrected chi connectivity index (χ4v) is 2.57. The summed E-state index contributed by atoms with van der Waals surface area (Å²) in [6.07, 6.45) is 1.25. The van der Waals surface area contributed by atoms with Gasteiger partial charge in [0.2, 0.25) is 0 Å². The summed E-state index contributed by atoms with van der Waals surface area (Å²) in [5.41, 5.74) is -2.54. The van der Waals surface area contributed by atoms with E-state index in [0.29, 0.717) is 12.8 Å². The summed E-state index contributed by atoms with van der Waals surface area (Å²) >= 11 is 0. The van der Waals surface area contributed by atoms with Gasteiger partial charge in [0.1, 0.15) is 0 Å². The third-order valence-corrected chi connectivity index (χ3v) is 3.73. The second-order valence-corrected chi connectivity index (χ2v) is 5.42. The molecular formula is C18H30O8. The molecule has 0 bridgehead atoms. The maximum Gasteiger partial charge on any atom is 0.336 e. The summed E-state index contributed by atoms with van der Waals surface area (Å²) in [6.45, 7) is 7.86. The molecule has 0 rings (SSSR count). The second-order valence-electron chi connectivity index (χ2n) is 5.42. The summed E-state index contributed by atoms with van der Waals surface area (Å²) < 4.78 is 20.0. The third kappa shape index (κ3) is 5.44. The van der Waals surface area contributed by atoms with E-state index in [0.717, 1.165) is 0 Å². The van der Waals surface area contributed by atoms with Crippen molar-refractivity contribution >= 4 is 23.9 Å². The number of hydrogen-bond acceptors (Lipinski definition) is 8. The van der Waals surface area contributed by atoms with Gasteiger partial charge >= 0.3 is 23.9 Å². The Morgan fingerprint density at radius 3 is 1.38 bits per heavy atom. The first-order valence-corrected chi connectivity index (χ1v) is 9.06. The maximum absolute atomic E-state index is 12.8. The Hall–Kier alpha value is -2.12. The highest BCUT2D eigenvalue weighted by atomic mass is 16.6. The topological polar surface area (TPSA) is 105 Å². The lowest BCUT2D eigenvalue weighted by Crippen LogP contribution is -2.57. The van der Waals surface area contributed by atoms with Crippen molar-refractivity contribution in [3.05, 3.63) is 0 Å². The Morgan fingerprint density at radius 2 is 1.08 bits per heavy atom. The van der Waals surface area contributed by atoms with Crippen LogP contribution in [0.15, 0.2) is 0 Å². The molecule has 0 N–H and O–H groups in total. The lowest BCUT2D eigenvalue weighted by atomic mass is 9.72. The molecule has 8 nitrogen and oxygen atoms in total. The average Bonchev–Trinajstić information content (AvgIpc) is 2.59. The molecule has 1 atom stereocenters. The van der Waals surface area contributed by atoms with E-state index in [2.05, 4.69) is 0 Å². The minimum absolute atomic E-state index is 0.0337. The van der Waals surface area contributed by atoms with E-state index in [1.54, 1.807) is 6.92 Å². The average molecular weight is 374 g/mol. The third-order valence-electron chi connectivity index (χ3n) is 3.73. The molecule has 0 aromatic rings. The van der Waals surface area contributed by atoms with Crippen LogP contribution in [-0.4, -0.2) is 50.3 Å². The molecule has 8 heteroatoms. The Morgan fingerprint density at radius 1 is 0.692 bits per heavy atom. The Balaban J connectivity index is 6.45. The first-order chi connectivity index (χ1) is 12.4. The molecule has 0 aliphatic carbocycles. The molecule has 0 spiro atoms. The van der Waals surface area contributed by atoms with Crippen LogP contribution >= 0.6 is 0 Å². The predicted octanol–water partition coefficient (Wildman–Crippen LogP) is 2.03. The van der Waals surface area contributed by atoms with Crippen LogP contribution in [0.1, 0.15) is 53.9 Å². The molecule has 0 aliphatic heterocycles. The van der Waals surface area contributed by atoms with E-state index in [9.17, 15) is 19.2 Å². The summed E-state index contributed by atoms with van der Waals surface area (Å²) in [5, 5.41) is 0. The highest BCUT2D eigenvalue weighted by molar-refractivity contribution is 6.20. The Kier molecular flexibility index (Phi) is 11.3. The van der Waals surface area contributed by atoms with Gasteiger partial charge in [-0.2, -0.15) is 0 Å². The molecule has 0 saturated carbocycles. The van der Waals surface area contributed by atoms with Crippen molar-refractivity contribution in [2.45, 2.75) is 53.9 Å². The number of hydrogen-bond donors (Lipinski definition) is 0. The van der Waals surface area contributed by atoms with E-state index in [1.807, 2.05) is 6.92 Å². The van der Waals surface area contributed by atoms with E-state index in [-0.39, 0.29) is 32.8 Å². The first kappa shape index (κ1) is 23.9. The highest BCUT2D eigenvalue weighted by Crippen LogP contribution is 2.38. The number of rotatable bonds is 12.